The van der Waals surface area contributed by atoms with Crippen molar-refractivity contribution in [3.8, 4) is 22.8 Å². The van der Waals surface area contributed by atoms with Crippen molar-refractivity contribution in [1.82, 2.24) is 14.6 Å². The maximum absolute atomic E-state index is 13.6. The van der Waals surface area contributed by atoms with Gasteiger partial charge < -0.3 is 14.9 Å². The fraction of sp³-hybridized carbons (Fsp3) is 0. The predicted molar refractivity (Wildman–Crippen MR) is 81.6 cm³/mol. The monoisotopic (exact) mass is 310 g/mol. The molecule has 0 amide bonds. The first kappa shape index (κ1) is 13.3. The fourth-order valence-corrected chi connectivity index (χ4v) is 2.27. The van der Waals surface area contributed by atoms with Crippen LogP contribution in [-0.4, -0.2) is 14.6 Å². The second kappa shape index (κ2) is 5.13. The van der Waals surface area contributed by atoms with Crippen LogP contribution in [0.2, 0.25) is 0 Å². The third-order valence-electron chi connectivity index (χ3n) is 3.39. The Labute approximate surface area is 129 Å². The van der Waals surface area contributed by atoms with Gasteiger partial charge in [-0.05, 0) is 24.3 Å². The molecular formula is C16H11FN4O2. The SMILES string of the molecule is Nc1ccc(Oc2cc(-c3cnco3)cn3nccc23)cc1F. The molecule has 4 aromatic rings. The largest absolute Gasteiger partial charge is 0.455 e. The van der Waals surface area contributed by atoms with E-state index in [2.05, 4.69) is 10.1 Å². The summed E-state index contributed by atoms with van der Waals surface area (Å²) in [5.41, 5.74) is 7.03. The smallest absolute Gasteiger partial charge is 0.181 e. The minimum Gasteiger partial charge on any atom is -0.455 e. The highest BCUT2D eigenvalue weighted by Crippen LogP contribution is 2.32. The molecule has 0 unspecified atom stereocenters. The lowest BCUT2D eigenvalue weighted by Gasteiger charge is -2.10. The molecule has 3 aromatic heterocycles. The average molecular weight is 310 g/mol. The Bertz CT molecular complexity index is 979. The number of nitrogen functional groups attached to an aromatic ring is 1. The topological polar surface area (TPSA) is 78.6 Å². The molecule has 7 heteroatoms. The zero-order chi connectivity index (χ0) is 15.8. The summed E-state index contributed by atoms with van der Waals surface area (Å²) in [6.07, 6.45) is 6.39. The van der Waals surface area contributed by atoms with Crippen molar-refractivity contribution in [3.63, 3.8) is 0 Å². The van der Waals surface area contributed by atoms with Crippen LogP contribution < -0.4 is 10.5 Å². The molecule has 0 bridgehead atoms. The molecule has 3 heterocycles. The summed E-state index contributed by atoms with van der Waals surface area (Å²) in [6.45, 7) is 0. The van der Waals surface area contributed by atoms with Crippen molar-refractivity contribution in [2.24, 2.45) is 0 Å². The number of hydrogen-bond donors (Lipinski definition) is 1. The van der Waals surface area contributed by atoms with E-state index < -0.39 is 5.82 Å². The predicted octanol–water partition coefficient (Wildman–Crippen LogP) is 3.50. The maximum Gasteiger partial charge on any atom is 0.181 e. The quantitative estimate of drug-likeness (QED) is 0.586. The molecule has 0 saturated heterocycles. The summed E-state index contributed by atoms with van der Waals surface area (Å²) in [4.78, 5) is 3.90. The van der Waals surface area contributed by atoms with Crippen LogP contribution in [-0.2, 0) is 0 Å². The average Bonchev–Trinajstić information content (AvgIpc) is 3.21. The van der Waals surface area contributed by atoms with Gasteiger partial charge in [0.15, 0.2) is 17.9 Å². The molecule has 1 aromatic carbocycles. The molecule has 2 N–H and O–H groups in total. The summed E-state index contributed by atoms with van der Waals surface area (Å²) < 4.78 is 26.4. The first-order valence-corrected chi connectivity index (χ1v) is 6.80. The fourth-order valence-electron chi connectivity index (χ4n) is 2.27. The molecular weight excluding hydrogens is 299 g/mol. The summed E-state index contributed by atoms with van der Waals surface area (Å²) in [5.74, 6) is 0.907. The first-order valence-electron chi connectivity index (χ1n) is 6.80. The summed E-state index contributed by atoms with van der Waals surface area (Å²) >= 11 is 0. The Morgan fingerprint density at radius 1 is 1.22 bits per heavy atom. The van der Waals surface area contributed by atoms with Gasteiger partial charge in [-0.2, -0.15) is 5.10 Å². The van der Waals surface area contributed by atoms with Gasteiger partial charge in [0.1, 0.15) is 17.1 Å². The highest BCUT2D eigenvalue weighted by Gasteiger charge is 2.11. The Kier molecular flexibility index (Phi) is 2.97. The van der Waals surface area contributed by atoms with Crippen LogP contribution in [0.25, 0.3) is 16.8 Å². The zero-order valence-electron chi connectivity index (χ0n) is 11.8. The molecule has 0 aliphatic carbocycles. The van der Waals surface area contributed by atoms with E-state index >= 15 is 0 Å². The van der Waals surface area contributed by atoms with Gasteiger partial charge in [0.2, 0.25) is 0 Å². The number of nitrogens with zero attached hydrogens (tertiary/aromatic N) is 3. The second-order valence-corrected chi connectivity index (χ2v) is 4.91. The van der Waals surface area contributed by atoms with Gasteiger partial charge in [-0.25, -0.2) is 13.9 Å². The van der Waals surface area contributed by atoms with E-state index in [4.69, 9.17) is 14.9 Å². The van der Waals surface area contributed by atoms with Crippen molar-refractivity contribution in [3.05, 3.63) is 61.1 Å². The number of pyridine rings is 1. The van der Waals surface area contributed by atoms with E-state index in [0.29, 0.717) is 17.3 Å². The molecule has 114 valence electrons. The molecule has 0 aliphatic rings. The number of ether oxygens (including phenoxy) is 1. The number of hydrogen-bond acceptors (Lipinski definition) is 5. The van der Waals surface area contributed by atoms with E-state index in [1.54, 1.807) is 41.3 Å². The molecule has 4 rings (SSSR count). The third-order valence-corrected chi connectivity index (χ3v) is 3.39. The minimum absolute atomic E-state index is 0.0715. The van der Waals surface area contributed by atoms with Crippen LogP contribution in [0.3, 0.4) is 0 Å². The molecule has 0 radical (unpaired) electrons. The van der Waals surface area contributed by atoms with Crippen LogP contribution in [0.4, 0.5) is 10.1 Å². The molecule has 0 saturated carbocycles. The van der Waals surface area contributed by atoms with Crippen LogP contribution in [0, 0.1) is 5.82 Å². The van der Waals surface area contributed by atoms with Crippen molar-refractivity contribution in [2.45, 2.75) is 0 Å². The van der Waals surface area contributed by atoms with Gasteiger partial charge in [-0.3, -0.25) is 0 Å². The number of aromatic nitrogens is 3. The van der Waals surface area contributed by atoms with Gasteiger partial charge in [-0.15, -0.1) is 0 Å². The van der Waals surface area contributed by atoms with Gasteiger partial charge in [0.05, 0.1) is 18.1 Å². The summed E-state index contributed by atoms with van der Waals surface area (Å²) in [6, 6.07) is 7.88. The van der Waals surface area contributed by atoms with Crippen molar-refractivity contribution in [1.29, 1.82) is 0 Å². The first-order chi connectivity index (χ1) is 11.2. The van der Waals surface area contributed by atoms with Gasteiger partial charge in [-0.1, -0.05) is 0 Å². The van der Waals surface area contributed by atoms with E-state index in [1.165, 1.54) is 18.5 Å². The van der Waals surface area contributed by atoms with Crippen molar-refractivity contribution >= 4 is 11.2 Å². The van der Waals surface area contributed by atoms with Crippen LogP contribution in [0.15, 0.2) is 59.7 Å². The minimum atomic E-state index is -0.529. The van der Waals surface area contributed by atoms with E-state index in [1.807, 2.05) is 0 Å². The van der Waals surface area contributed by atoms with Crippen LogP contribution in [0.1, 0.15) is 0 Å². The lowest BCUT2D eigenvalue weighted by Crippen LogP contribution is -1.95. The Morgan fingerprint density at radius 2 is 2.13 bits per heavy atom. The molecule has 23 heavy (non-hydrogen) atoms. The highest BCUT2D eigenvalue weighted by atomic mass is 19.1. The number of oxazole rings is 1. The van der Waals surface area contributed by atoms with E-state index in [-0.39, 0.29) is 5.69 Å². The van der Waals surface area contributed by atoms with Crippen molar-refractivity contribution < 1.29 is 13.5 Å². The number of nitrogens with two attached hydrogens (primary N) is 1. The highest BCUT2D eigenvalue weighted by molar-refractivity contribution is 5.68. The standard InChI is InChI=1S/C16H11FN4O2/c17-12-6-11(1-2-13(12)18)23-15-5-10(16-7-19-9-22-16)8-21-14(15)3-4-20-21/h1-9H,18H2. The lowest BCUT2D eigenvalue weighted by molar-refractivity contribution is 0.479. The molecule has 0 aliphatic heterocycles. The van der Waals surface area contributed by atoms with Crippen LogP contribution in [0.5, 0.6) is 11.5 Å². The van der Waals surface area contributed by atoms with Crippen LogP contribution >= 0.6 is 0 Å². The molecule has 6 nitrogen and oxygen atoms in total. The zero-order valence-corrected chi connectivity index (χ0v) is 11.8. The Hall–Kier alpha value is -3.35. The Balaban J connectivity index is 1.81. The number of fused-ring (bicyclic) bond motifs is 1. The van der Waals surface area contributed by atoms with E-state index in [0.717, 1.165) is 11.1 Å². The van der Waals surface area contributed by atoms with Gasteiger partial charge in [0, 0.05) is 17.8 Å². The molecule has 0 fully saturated rings. The van der Waals surface area contributed by atoms with Crippen molar-refractivity contribution in [2.75, 3.05) is 5.73 Å². The lowest BCUT2D eigenvalue weighted by atomic mass is 10.2. The van der Waals surface area contributed by atoms with Gasteiger partial charge >= 0.3 is 0 Å². The maximum atomic E-state index is 13.6. The molecule has 0 atom stereocenters. The third kappa shape index (κ3) is 2.38. The summed E-state index contributed by atoms with van der Waals surface area (Å²) in [7, 11) is 0. The normalized spacial score (nSPS) is 11.0. The van der Waals surface area contributed by atoms with Gasteiger partial charge in [0.25, 0.3) is 0 Å². The number of benzene rings is 1. The number of rotatable bonds is 3. The number of halogens is 1. The molecule has 0 spiro atoms. The summed E-state index contributed by atoms with van der Waals surface area (Å²) in [5, 5.41) is 4.20. The second-order valence-electron chi connectivity index (χ2n) is 4.91. The number of anilines is 1. The Morgan fingerprint density at radius 3 is 2.91 bits per heavy atom. The van der Waals surface area contributed by atoms with E-state index in [9.17, 15) is 4.39 Å².